The topological polar surface area (TPSA) is 64.4 Å². The van der Waals surface area contributed by atoms with Gasteiger partial charge in [0, 0.05) is 18.1 Å². The number of thioether (sulfide) groups is 1. The third-order valence-corrected chi connectivity index (χ3v) is 3.92. The Kier molecular flexibility index (Phi) is 4.49. The number of benzene rings is 1. The number of carbonyl (C=O) groups is 1. The first-order valence-electron chi connectivity index (χ1n) is 5.33. The summed E-state index contributed by atoms with van der Waals surface area (Å²) in [5.74, 6) is -0.145. The van der Waals surface area contributed by atoms with Gasteiger partial charge in [-0.1, -0.05) is 11.8 Å². The van der Waals surface area contributed by atoms with Crippen LogP contribution >= 0.6 is 27.7 Å². The van der Waals surface area contributed by atoms with Crippen molar-refractivity contribution in [2.24, 2.45) is 0 Å². The second-order valence-corrected chi connectivity index (χ2v) is 5.38. The third kappa shape index (κ3) is 3.30. The smallest absolute Gasteiger partial charge is 0.313 e. The van der Waals surface area contributed by atoms with E-state index >= 15 is 0 Å². The predicted molar refractivity (Wildman–Crippen MR) is 76.2 cm³/mol. The van der Waals surface area contributed by atoms with Crippen LogP contribution < -0.4 is 4.74 Å². The van der Waals surface area contributed by atoms with E-state index in [-0.39, 0.29) is 5.75 Å². The van der Waals surface area contributed by atoms with E-state index in [1.807, 2.05) is 22.8 Å². The minimum atomic E-state index is -0.865. The van der Waals surface area contributed by atoms with Crippen LogP contribution in [0.15, 0.2) is 40.2 Å². The summed E-state index contributed by atoms with van der Waals surface area (Å²) < 4.78 is 7.83. The van der Waals surface area contributed by atoms with E-state index in [1.54, 1.807) is 19.5 Å². The summed E-state index contributed by atoms with van der Waals surface area (Å²) in [6.45, 7) is 0. The van der Waals surface area contributed by atoms with Crippen molar-refractivity contribution in [2.75, 3.05) is 12.9 Å². The lowest BCUT2D eigenvalue weighted by molar-refractivity contribution is -0.133. The highest BCUT2D eigenvalue weighted by Gasteiger charge is 2.09. The van der Waals surface area contributed by atoms with Crippen molar-refractivity contribution in [2.45, 2.75) is 5.16 Å². The molecule has 2 rings (SSSR count). The molecule has 0 aliphatic rings. The lowest BCUT2D eigenvalue weighted by atomic mass is 10.3. The van der Waals surface area contributed by atoms with E-state index in [0.29, 0.717) is 5.16 Å². The van der Waals surface area contributed by atoms with E-state index in [9.17, 15) is 4.79 Å². The molecule has 1 heterocycles. The van der Waals surface area contributed by atoms with Crippen LogP contribution in [-0.2, 0) is 4.79 Å². The quantitative estimate of drug-likeness (QED) is 0.846. The second kappa shape index (κ2) is 6.12. The van der Waals surface area contributed by atoms with Gasteiger partial charge in [0.05, 0.1) is 17.3 Å². The molecule has 0 unspecified atom stereocenters. The number of halogens is 1. The number of methoxy groups -OCH3 is 1. The van der Waals surface area contributed by atoms with Crippen LogP contribution in [0.5, 0.6) is 5.75 Å². The van der Waals surface area contributed by atoms with Crippen molar-refractivity contribution >= 4 is 33.7 Å². The summed E-state index contributed by atoms with van der Waals surface area (Å²) in [7, 11) is 1.60. The van der Waals surface area contributed by atoms with Gasteiger partial charge in [-0.05, 0) is 34.1 Å². The molecule has 1 N–H and O–H groups in total. The van der Waals surface area contributed by atoms with Crippen LogP contribution in [0.4, 0.5) is 0 Å². The van der Waals surface area contributed by atoms with Gasteiger partial charge in [-0.2, -0.15) is 0 Å². The zero-order chi connectivity index (χ0) is 13.8. The maximum Gasteiger partial charge on any atom is 0.313 e. The Morgan fingerprint density at radius 2 is 2.37 bits per heavy atom. The SMILES string of the molecule is COc1ccc(-n2ccnc2SCC(=O)O)cc1Br. The van der Waals surface area contributed by atoms with Crippen molar-refractivity contribution in [3.05, 3.63) is 35.1 Å². The molecule has 0 aliphatic heterocycles. The van der Waals surface area contributed by atoms with Gasteiger partial charge >= 0.3 is 5.97 Å². The molecule has 1 aromatic heterocycles. The first-order chi connectivity index (χ1) is 9.11. The normalized spacial score (nSPS) is 10.4. The molecule has 0 spiro atoms. The summed E-state index contributed by atoms with van der Waals surface area (Å²) >= 11 is 4.60. The van der Waals surface area contributed by atoms with E-state index in [0.717, 1.165) is 15.9 Å². The highest BCUT2D eigenvalue weighted by Crippen LogP contribution is 2.29. The van der Waals surface area contributed by atoms with Gasteiger partial charge in [-0.15, -0.1) is 0 Å². The van der Waals surface area contributed by atoms with E-state index < -0.39 is 5.97 Å². The predicted octanol–water partition coefficient (Wildman–Crippen LogP) is 2.82. The number of hydrogen-bond donors (Lipinski definition) is 1. The standard InChI is InChI=1S/C12H11BrN2O3S/c1-18-10-3-2-8(6-9(10)13)15-5-4-14-12(15)19-7-11(16)17/h2-6H,7H2,1H3,(H,16,17). The fourth-order valence-electron chi connectivity index (χ4n) is 1.52. The minimum absolute atomic E-state index is 0.0195. The first-order valence-corrected chi connectivity index (χ1v) is 7.11. The molecule has 1 aromatic carbocycles. The Morgan fingerprint density at radius 1 is 1.58 bits per heavy atom. The maximum atomic E-state index is 10.6. The number of imidazole rings is 1. The second-order valence-electron chi connectivity index (χ2n) is 3.58. The fraction of sp³-hybridized carbons (Fsp3) is 0.167. The first kappa shape index (κ1) is 14.0. The zero-order valence-electron chi connectivity index (χ0n) is 10.0. The molecule has 0 saturated heterocycles. The van der Waals surface area contributed by atoms with Gasteiger partial charge in [0.25, 0.3) is 0 Å². The number of aliphatic carboxylic acids is 1. The molecule has 0 bridgehead atoms. The molecule has 7 heteroatoms. The van der Waals surface area contributed by atoms with Crippen molar-refractivity contribution in [3.8, 4) is 11.4 Å². The average molecular weight is 343 g/mol. The monoisotopic (exact) mass is 342 g/mol. The van der Waals surface area contributed by atoms with Gasteiger partial charge in [0.15, 0.2) is 5.16 Å². The Balaban J connectivity index is 2.29. The molecular weight excluding hydrogens is 332 g/mol. The number of hydrogen-bond acceptors (Lipinski definition) is 4. The molecule has 0 radical (unpaired) electrons. The Morgan fingerprint density at radius 3 is 3.00 bits per heavy atom. The summed E-state index contributed by atoms with van der Waals surface area (Å²) in [4.78, 5) is 14.8. The molecule has 0 amide bonds. The van der Waals surface area contributed by atoms with E-state index in [1.165, 1.54) is 11.8 Å². The molecule has 0 atom stereocenters. The minimum Gasteiger partial charge on any atom is -0.496 e. The molecule has 5 nitrogen and oxygen atoms in total. The largest absolute Gasteiger partial charge is 0.496 e. The summed E-state index contributed by atoms with van der Waals surface area (Å²) in [6.07, 6.45) is 3.43. The number of ether oxygens (including phenoxy) is 1. The van der Waals surface area contributed by atoms with Gasteiger partial charge < -0.3 is 9.84 Å². The molecular formula is C12H11BrN2O3S. The number of carboxylic acid groups (broad SMARTS) is 1. The fourth-order valence-corrected chi connectivity index (χ4v) is 2.75. The molecule has 100 valence electrons. The zero-order valence-corrected chi connectivity index (χ0v) is 12.4. The highest BCUT2D eigenvalue weighted by atomic mass is 79.9. The van der Waals surface area contributed by atoms with Crippen molar-refractivity contribution in [1.82, 2.24) is 9.55 Å². The average Bonchev–Trinajstić information content (AvgIpc) is 2.84. The Hall–Kier alpha value is -1.47. The van der Waals surface area contributed by atoms with Gasteiger partial charge in [-0.3, -0.25) is 9.36 Å². The lowest BCUT2D eigenvalue weighted by Crippen LogP contribution is -2.01. The number of rotatable bonds is 5. The molecule has 0 fully saturated rings. The summed E-state index contributed by atoms with van der Waals surface area (Å²) in [6, 6.07) is 5.62. The van der Waals surface area contributed by atoms with Crippen LogP contribution in [0.25, 0.3) is 5.69 Å². The van der Waals surface area contributed by atoms with Gasteiger partial charge in [0.1, 0.15) is 5.75 Å². The van der Waals surface area contributed by atoms with Crippen LogP contribution in [0.1, 0.15) is 0 Å². The highest BCUT2D eigenvalue weighted by molar-refractivity contribution is 9.10. The van der Waals surface area contributed by atoms with Crippen LogP contribution in [0.3, 0.4) is 0 Å². The van der Waals surface area contributed by atoms with Crippen molar-refractivity contribution in [1.29, 1.82) is 0 Å². The molecule has 19 heavy (non-hydrogen) atoms. The number of carboxylic acids is 1. The lowest BCUT2D eigenvalue weighted by Gasteiger charge is -2.09. The van der Waals surface area contributed by atoms with Crippen LogP contribution in [-0.4, -0.2) is 33.5 Å². The van der Waals surface area contributed by atoms with Gasteiger partial charge in [-0.25, -0.2) is 4.98 Å². The molecule has 0 aliphatic carbocycles. The number of aromatic nitrogens is 2. The summed E-state index contributed by atoms with van der Waals surface area (Å²) in [5.41, 5.74) is 0.887. The van der Waals surface area contributed by atoms with Crippen molar-refractivity contribution in [3.63, 3.8) is 0 Å². The molecule has 2 aromatic rings. The van der Waals surface area contributed by atoms with Crippen LogP contribution in [0.2, 0.25) is 0 Å². The number of nitrogens with zero attached hydrogens (tertiary/aromatic N) is 2. The maximum absolute atomic E-state index is 10.6. The van der Waals surface area contributed by atoms with Crippen LogP contribution in [0, 0.1) is 0 Å². The Bertz CT molecular complexity index is 600. The van der Waals surface area contributed by atoms with Gasteiger partial charge in [0.2, 0.25) is 0 Å². The van der Waals surface area contributed by atoms with Crippen molar-refractivity contribution < 1.29 is 14.6 Å². The van der Waals surface area contributed by atoms with E-state index in [2.05, 4.69) is 20.9 Å². The summed E-state index contributed by atoms with van der Waals surface area (Å²) in [5, 5.41) is 9.34. The Labute approximate surface area is 122 Å². The third-order valence-electron chi connectivity index (χ3n) is 2.35. The molecule has 0 saturated carbocycles. The van der Waals surface area contributed by atoms with E-state index in [4.69, 9.17) is 9.84 Å².